The minimum absolute atomic E-state index is 0.441. The summed E-state index contributed by atoms with van der Waals surface area (Å²) in [4.78, 5) is 18.8. The molecule has 176 valence electrons. The van der Waals surface area contributed by atoms with Crippen LogP contribution in [0.25, 0.3) is 0 Å². The summed E-state index contributed by atoms with van der Waals surface area (Å²) >= 11 is 0. The molecular weight excluding hydrogens is 422 g/mol. The van der Waals surface area contributed by atoms with Gasteiger partial charge in [-0.2, -0.15) is 4.98 Å². The zero-order valence-corrected chi connectivity index (χ0v) is 19.8. The summed E-state index contributed by atoms with van der Waals surface area (Å²) in [7, 11) is 2.18. The van der Waals surface area contributed by atoms with Crippen molar-refractivity contribution in [2.24, 2.45) is 4.99 Å². The Bertz CT molecular complexity index is 1080. The van der Waals surface area contributed by atoms with E-state index in [1.807, 2.05) is 36.5 Å². The Morgan fingerprint density at radius 3 is 2.41 bits per heavy atom. The van der Waals surface area contributed by atoms with Crippen LogP contribution in [0.1, 0.15) is 31.2 Å². The van der Waals surface area contributed by atoms with Crippen LogP contribution >= 0.6 is 0 Å². The van der Waals surface area contributed by atoms with Crippen molar-refractivity contribution in [1.29, 1.82) is 0 Å². The van der Waals surface area contributed by atoms with E-state index in [4.69, 9.17) is 4.98 Å². The van der Waals surface area contributed by atoms with Crippen molar-refractivity contribution >= 4 is 35.0 Å². The second-order valence-corrected chi connectivity index (χ2v) is 9.18. The largest absolute Gasteiger partial charge is 0.369 e. The molecule has 0 amide bonds. The molecule has 0 bridgehead atoms. The van der Waals surface area contributed by atoms with Crippen molar-refractivity contribution in [1.82, 2.24) is 14.9 Å². The van der Waals surface area contributed by atoms with E-state index < -0.39 is 0 Å². The molecule has 0 atom stereocenters. The minimum atomic E-state index is 0.441. The Hall–Kier alpha value is -3.45. The fourth-order valence-corrected chi connectivity index (χ4v) is 4.53. The Labute approximate surface area is 202 Å². The number of benzene rings is 2. The van der Waals surface area contributed by atoms with Gasteiger partial charge in [-0.1, -0.05) is 43.2 Å². The average molecular weight is 456 g/mol. The van der Waals surface area contributed by atoms with Gasteiger partial charge in [0.15, 0.2) is 5.82 Å². The second-order valence-electron chi connectivity index (χ2n) is 9.18. The van der Waals surface area contributed by atoms with Crippen LogP contribution in [-0.2, 0) is 0 Å². The van der Waals surface area contributed by atoms with Gasteiger partial charge in [-0.25, -0.2) is 4.98 Å². The first-order valence-corrected chi connectivity index (χ1v) is 12.3. The van der Waals surface area contributed by atoms with E-state index in [2.05, 4.69) is 61.7 Å². The maximum Gasteiger partial charge on any atom is 0.229 e. The molecule has 2 heterocycles. The molecule has 5 rings (SSSR count). The molecule has 2 aliphatic rings. The van der Waals surface area contributed by atoms with E-state index in [0.717, 1.165) is 48.9 Å². The molecule has 1 aliphatic carbocycles. The Morgan fingerprint density at radius 2 is 1.68 bits per heavy atom. The number of nitrogens with zero attached hydrogens (tertiary/aromatic N) is 5. The number of aromatic nitrogens is 2. The second kappa shape index (κ2) is 10.7. The van der Waals surface area contributed by atoms with Crippen molar-refractivity contribution in [3.63, 3.8) is 0 Å². The van der Waals surface area contributed by atoms with Crippen LogP contribution in [0.3, 0.4) is 0 Å². The number of hydrogen-bond acceptors (Lipinski definition) is 7. The fraction of sp³-hybridized carbons (Fsp3) is 0.370. The number of aliphatic imine (C=N–C) groups is 1. The van der Waals surface area contributed by atoms with Crippen LogP contribution in [0.2, 0.25) is 0 Å². The Balaban J connectivity index is 1.31. The lowest BCUT2D eigenvalue weighted by Gasteiger charge is -2.34. The van der Waals surface area contributed by atoms with Gasteiger partial charge in [0, 0.05) is 49.8 Å². The van der Waals surface area contributed by atoms with E-state index in [1.165, 1.54) is 31.4 Å². The molecule has 0 unspecified atom stereocenters. The number of anilines is 4. The van der Waals surface area contributed by atoms with E-state index in [0.29, 0.717) is 12.0 Å². The first-order chi connectivity index (χ1) is 16.7. The fourth-order valence-electron chi connectivity index (χ4n) is 4.53. The Kier molecular flexibility index (Phi) is 7.00. The lowest BCUT2D eigenvalue weighted by molar-refractivity contribution is 0.313. The third-order valence-electron chi connectivity index (χ3n) is 6.61. The van der Waals surface area contributed by atoms with Crippen LogP contribution in [0.5, 0.6) is 0 Å². The third-order valence-corrected chi connectivity index (χ3v) is 6.61. The summed E-state index contributed by atoms with van der Waals surface area (Å²) in [5, 5.41) is 6.98. The summed E-state index contributed by atoms with van der Waals surface area (Å²) < 4.78 is 0. The molecule has 2 N–H and O–H groups in total. The lowest BCUT2D eigenvalue weighted by atomic mass is 10.2. The van der Waals surface area contributed by atoms with Gasteiger partial charge in [0.2, 0.25) is 5.95 Å². The summed E-state index contributed by atoms with van der Waals surface area (Å²) in [5.41, 5.74) is 4.04. The van der Waals surface area contributed by atoms with Crippen LogP contribution in [0, 0.1) is 0 Å². The van der Waals surface area contributed by atoms with Crippen molar-refractivity contribution in [2.45, 2.75) is 31.7 Å². The van der Waals surface area contributed by atoms with Gasteiger partial charge in [-0.15, -0.1) is 0 Å². The number of rotatable bonds is 7. The van der Waals surface area contributed by atoms with Gasteiger partial charge in [0.25, 0.3) is 0 Å². The topological polar surface area (TPSA) is 68.7 Å². The lowest BCUT2D eigenvalue weighted by Crippen LogP contribution is -2.44. The summed E-state index contributed by atoms with van der Waals surface area (Å²) in [6, 6.07) is 19.1. The van der Waals surface area contributed by atoms with Crippen LogP contribution in [0.15, 0.2) is 65.8 Å². The normalized spacial score (nSPS) is 17.4. The van der Waals surface area contributed by atoms with E-state index in [-0.39, 0.29) is 0 Å². The molecule has 3 aromatic rings. The number of hydrogen-bond donors (Lipinski definition) is 2. The molecule has 2 fully saturated rings. The van der Waals surface area contributed by atoms with Crippen LogP contribution < -0.4 is 15.5 Å². The zero-order chi connectivity index (χ0) is 23.2. The molecule has 1 saturated heterocycles. The van der Waals surface area contributed by atoms with Gasteiger partial charge < -0.3 is 20.4 Å². The molecule has 1 aliphatic heterocycles. The molecule has 7 heteroatoms. The highest BCUT2D eigenvalue weighted by Crippen LogP contribution is 2.29. The Morgan fingerprint density at radius 1 is 0.941 bits per heavy atom. The molecule has 1 saturated carbocycles. The minimum Gasteiger partial charge on any atom is -0.369 e. The van der Waals surface area contributed by atoms with Gasteiger partial charge in [-0.05, 0) is 49.7 Å². The predicted molar refractivity (Wildman–Crippen MR) is 141 cm³/mol. The summed E-state index contributed by atoms with van der Waals surface area (Å²) in [6.07, 6.45) is 8.52. The monoisotopic (exact) mass is 455 g/mol. The maximum absolute atomic E-state index is 4.80. The SMILES string of the molecule is CN1CCN(c2ccc(Nc3ncc(N=Cc4ccccc4)c(NC4CCCC4)n3)cc2)CC1. The van der Waals surface area contributed by atoms with E-state index in [9.17, 15) is 0 Å². The smallest absolute Gasteiger partial charge is 0.229 e. The first kappa shape index (κ1) is 22.3. The van der Waals surface area contributed by atoms with Crippen molar-refractivity contribution in [3.8, 4) is 0 Å². The van der Waals surface area contributed by atoms with Gasteiger partial charge in [0.1, 0.15) is 5.69 Å². The number of nitrogens with one attached hydrogen (secondary N) is 2. The van der Waals surface area contributed by atoms with Gasteiger partial charge >= 0.3 is 0 Å². The third kappa shape index (κ3) is 5.72. The molecule has 7 nitrogen and oxygen atoms in total. The van der Waals surface area contributed by atoms with Crippen molar-refractivity contribution < 1.29 is 0 Å². The standard InChI is InChI=1S/C27H33N7/c1-33-15-17-34(18-16-33)24-13-11-23(12-14-24)31-27-29-20-25(28-19-21-7-3-2-4-8-21)26(32-27)30-22-9-5-6-10-22/h2-4,7-8,11-14,19-20,22H,5-6,9-10,15-18H2,1H3,(H2,29,30,31,32). The van der Waals surface area contributed by atoms with Crippen LogP contribution in [-0.4, -0.2) is 60.4 Å². The highest BCUT2D eigenvalue weighted by molar-refractivity contribution is 5.83. The summed E-state index contributed by atoms with van der Waals surface area (Å²) in [5.74, 6) is 1.36. The van der Waals surface area contributed by atoms with Gasteiger partial charge in [-0.3, -0.25) is 4.99 Å². The highest BCUT2D eigenvalue weighted by Gasteiger charge is 2.18. The quantitative estimate of drug-likeness (QED) is 0.485. The molecule has 1 aromatic heterocycles. The highest BCUT2D eigenvalue weighted by atomic mass is 15.2. The number of piperazine rings is 1. The predicted octanol–water partition coefficient (Wildman–Crippen LogP) is 5.08. The maximum atomic E-state index is 4.80. The number of likely N-dealkylation sites (N-methyl/N-ethyl adjacent to an activating group) is 1. The van der Waals surface area contributed by atoms with E-state index >= 15 is 0 Å². The first-order valence-electron chi connectivity index (χ1n) is 12.3. The molecule has 34 heavy (non-hydrogen) atoms. The average Bonchev–Trinajstić information content (AvgIpc) is 3.38. The van der Waals surface area contributed by atoms with E-state index in [1.54, 1.807) is 6.20 Å². The molecular formula is C27H33N7. The summed E-state index contributed by atoms with van der Waals surface area (Å²) in [6.45, 7) is 4.33. The van der Waals surface area contributed by atoms with Crippen molar-refractivity contribution in [2.75, 3.05) is 48.8 Å². The van der Waals surface area contributed by atoms with Crippen molar-refractivity contribution in [3.05, 3.63) is 66.4 Å². The zero-order valence-electron chi connectivity index (χ0n) is 19.8. The van der Waals surface area contributed by atoms with Gasteiger partial charge in [0.05, 0.1) is 6.20 Å². The molecule has 0 radical (unpaired) electrons. The van der Waals surface area contributed by atoms with Crippen LogP contribution in [0.4, 0.5) is 28.8 Å². The molecule has 0 spiro atoms. The molecule has 2 aromatic carbocycles.